The van der Waals surface area contributed by atoms with Crippen LogP contribution in [0.15, 0.2) is 82.2 Å². The average molecular weight is 576 g/mol. The lowest BCUT2D eigenvalue weighted by Gasteiger charge is -2.31. The summed E-state index contributed by atoms with van der Waals surface area (Å²) in [4.78, 5) is 27.4. The smallest absolute Gasteiger partial charge is 0.264 e. The summed E-state index contributed by atoms with van der Waals surface area (Å²) in [6, 6.07) is 17.6. The SMILES string of the molecule is CNC(=O)[C@@H](C)N(Cc1ccc(F)cc1)C(=O)CN(c1ccc(Br)cc1)S(=O)(=O)c1ccc(C)cc1. The Kier molecular flexibility index (Phi) is 8.86. The van der Waals surface area contributed by atoms with Crippen molar-refractivity contribution in [3.05, 3.63) is 94.2 Å². The molecule has 0 radical (unpaired) electrons. The minimum absolute atomic E-state index is 0.00748. The fourth-order valence-electron chi connectivity index (χ4n) is 3.55. The first kappa shape index (κ1) is 27.3. The van der Waals surface area contributed by atoms with Crippen molar-refractivity contribution in [2.24, 2.45) is 0 Å². The van der Waals surface area contributed by atoms with Crippen LogP contribution in [0.3, 0.4) is 0 Å². The van der Waals surface area contributed by atoms with Gasteiger partial charge in [0, 0.05) is 18.1 Å². The number of carbonyl (C=O) groups is 2. The molecular formula is C26H27BrFN3O4S. The van der Waals surface area contributed by atoms with Gasteiger partial charge in [-0.15, -0.1) is 0 Å². The van der Waals surface area contributed by atoms with Gasteiger partial charge >= 0.3 is 0 Å². The Balaban J connectivity index is 2.01. The van der Waals surface area contributed by atoms with Gasteiger partial charge in [-0.3, -0.25) is 13.9 Å². The van der Waals surface area contributed by atoms with Gasteiger partial charge in [-0.1, -0.05) is 45.8 Å². The molecule has 1 N–H and O–H groups in total. The number of sulfonamides is 1. The van der Waals surface area contributed by atoms with Crippen molar-refractivity contribution in [1.82, 2.24) is 10.2 Å². The predicted octanol–water partition coefficient (Wildman–Crippen LogP) is 4.26. The van der Waals surface area contributed by atoms with E-state index in [1.807, 2.05) is 6.92 Å². The molecule has 0 aliphatic carbocycles. The van der Waals surface area contributed by atoms with E-state index >= 15 is 0 Å². The highest BCUT2D eigenvalue weighted by Gasteiger charge is 2.32. The van der Waals surface area contributed by atoms with Crippen molar-refractivity contribution in [1.29, 1.82) is 0 Å². The van der Waals surface area contributed by atoms with Crippen LogP contribution < -0.4 is 9.62 Å². The van der Waals surface area contributed by atoms with E-state index in [1.165, 1.54) is 48.3 Å². The Morgan fingerprint density at radius 1 is 0.972 bits per heavy atom. The number of nitrogens with zero attached hydrogens (tertiary/aromatic N) is 2. The molecule has 0 bridgehead atoms. The normalized spacial score (nSPS) is 12.0. The van der Waals surface area contributed by atoms with E-state index in [1.54, 1.807) is 43.3 Å². The molecule has 3 aromatic rings. The summed E-state index contributed by atoms with van der Waals surface area (Å²) in [6.45, 7) is 2.85. The molecule has 3 aromatic carbocycles. The van der Waals surface area contributed by atoms with Gasteiger partial charge in [-0.2, -0.15) is 0 Å². The van der Waals surface area contributed by atoms with E-state index in [0.717, 1.165) is 14.3 Å². The maximum atomic E-state index is 13.7. The number of amides is 2. The molecule has 3 rings (SSSR count). The summed E-state index contributed by atoms with van der Waals surface area (Å²) in [6.07, 6.45) is 0. The van der Waals surface area contributed by atoms with Crippen LogP contribution in [0.25, 0.3) is 0 Å². The standard InChI is InChI=1S/C26H27BrFN3O4S/c1-18-4-14-24(15-5-18)36(34,35)31(23-12-8-21(27)9-13-23)17-25(32)30(19(2)26(33)29-3)16-20-6-10-22(28)11-7-20/h4-15,19H,16-17H2,1-3H3,(H,29,33)/t19-/m1/s1. The molecule has 190 valence electrons. The monoisotopic (exact) mass is 575 g/mol. The van der Waals surface area contributed by atoms with E-state index < -0.39 is 40.2 Å². The number of hydrogen-bond donors (Lipinski definition) is 1. The van der Waals surface area contributed by atoms with Crippen molar-refractivity contribution in [2.45, 2.75) is 31.3 Å². The molecule has 0 saturated heterocycles. The molecule has 0 aliphatic heterocycles. The van der Waals surface area contributed by atoms with Gasteiger partial charge in [0.1, 0.15) is 18.4 Å². The zero-order valence-electron chi connectivity index (χ0n) is 20.1. The minimum atomic E-state index is -4.12. The predicted molar refractivity (Wildman–Crippen MR) is 140 cm³/mol. The largest absolute Gasteiger partial charge is 0.357 e. The average Bonchev–Trinajstić information content (AvgIpc) is 2.86. The molecule has 10 heteroatoms. The van der Waals surface area contributed by atoms with Crippen molar-refractivity contribution in [3.8, 4) is 0 Å². The molecular weight excluding hydrogens is 549 g/mol. The fraction of sp³-hybridized carbons (Fsp3) is 0.231. The fourth-order valence-corrected chi connectivity index (χ4v) is 5.23. The van der Waals surface area contributed by atoms with Gasteiger partial charge < -0.3 is 10.2 Å². The lowest BCUT2D eigenvalue weighted by atomic mass is 10.1. The number of carbonyl (C=O) groups excluding carboxylic acids is 2. The molecule has 0 spiro atoms. The molecule has 0 aromatic heterocycles. The van der Waals surface area contributed by atoms with E-state index in [0.29, 0.717) is 11.3 Å². The van der Waals surface area contributed by atoms with Crippen LogP contribution in [0.1, 0.15) is 18.1 Å². The number of rotatable bonds is 9. The molecule has 36 heavy (non-hydrogen) atoms. The number of benzene rings is 3. The second-order valence-corrected chi connectivity index (χ2v) is 11.0. The first-order chi connectivity index (χ1) is 17.0. The quantitative estimate of drug-likeness (QED) is 0.413. The summed E-state index contributed by atoms with van der Waals surface area (Å²) in [5.41, 5.74) is 1.78. The number of nitrogens with one attached hydrogen (secondary N) is 1. The third-order valence-electron chi connectivity index (χ3n) is 5.68. The molecule has 7 nitrogen and oxygen atoms in total. The van der Waals surface area contributed by atoms with Gasteiger partial charge in [0.05, 0.1) is 10.6 Å². The Hall–Kier alpha value is -3.24. The maximum absolute atomic E-state index is 13.7. The van der Waals surface area contributed by atoms with E-state index in [9.17, 15) is 22.4 Å². The summed E-state index contributed by atoms with van der Waals surface area (Å²) in [7, 11) is -2.67. The van der Waals surface area contributed by atoms with Gasteiger partial charge in [0.25, 0.3) is 10.0 Å². The zero-order valence-corrected chi connectivity index (χ0v) is 22.5. The lowest BCUT2D eigenvalue weighted by Crippen LogP contribution is -2.50. The summed E-state index contributed by atoms with van der Waals surface area (Å²) >= 11 is 3.34. The Bertz CT molecular complexity index is 1310. The number of anilines is 1. The van der Waals surface area contributed by atoms with E-state index in [2.05, 4.69) is 21.2 Å². The molecule has 0 heterocycles. The van der Waals surface area contributed by atoms with Gasteiger partial charge in [0.2, 0.25) is 11.8 Å². The number of halogens is 2. The van der Waals surface area contributed by atoms with E-state index in [4.69, 9.17) is 0 Å². The zero-order chi connectivity index (χ0) is 26.5. The first-order valence-electron chi connectivity index (χ1n) is 11.1. The Labute approximate surface area is 219 Å². The van der Waals surface area contributed by atoms with Crippen LogP contribution in [0.5, 0.6) is 0 Å². The maximum Gasteiger partial charge on any atom is 0.264 e. The highest BCUT2D eigenvalue weighted by atomic mass is 79.9. The third kappa shape index (κ3) is 6.50. The summed E-state index contributed by atoms with van der Waals surface area (Å²) in [5, 5.41) is 2.52. The van der Waals surface area contributed by atoms with Gasteiger partial charge in [-0.25, -0.2) is 12.8 Å². The van der Waals surface area contributed by atoms with Crippen molar-refractivity contribution < 1.29 is 22.4 Å². The Morgan fingerprint density at radius 3 is 2.11 bits per heavy atom. The van der Waals surface area contributed by atoms with Crippen LogP contribution in [0, 0.1) is 12.7 Å². The van der Waals surface area contributed by atoms with Crippen LogP contribution >= 0.6 is 15.9 Å². The van der Waals surface area contributed by atoms with E-state index in [-0.39, 0.29) is 11.4 Å². The van der Waals surface area contributed by atoms with Crippen LogP contribution in [0.4, 0.5) is 10.1 Å². The first-order valence-corrected chi connectivity index (χ1v) is 13.4. The molecule has 0 unspecified atom stereocenters. The van der Waals surface area contributed by atoms with Gasteiger partial charge in [0.15, 0.2) is 0 Å². The Morgan fingerprint density at radius 2 is 1.56 bits per heavy atom. The highest BCUT2D eigenvalue weighted by molar-refractivity contribution is 9.10. The van der Waals surface area contributed by atoms with Crippen molar-refractivity contribution >= 4 is 43.5 Å². The highest BCUT2D eigenvalue weighted by Crippen LogP contribution is 2.26. The van der Waals surface area contributed by atoms with Gasteiger partial charge in [-0.05, 0) is 67.9 Å². The molecule has 1 atom stereocenters. The molecule has 2 amide bonds. The molecule has 0 saturated carbocycles. The van der Waals surface area contributed by atoms with Crippen LogP contribution in [0.2, 0.25) is 0 Å². The second kappa shape index (κ2) is 11.7. The lowest BCUT2D eigenvalue weighted by molar-refractivity contribution is -0.139. The number of hydrogen-bond acceptors (Lipinski definition) is 4. The molecule has 0 fully saturated rings. The summed E-state index contributed by atoms with van der Waals surface area (Å²) in [5.74, 6) is -1.43. The van der Waals surface area contributed by atoms with Crippen molar-refractivity contribution in [2.75, 3.05) is 17.9 Å². The number of likely N-dealkylation sites (N-methyl/N-ethyl adjacent to an activating group) is 1. The summed E-state index contributed by atoms with van der Waals surface area (Å²) < 4.78 is 42.5. The van der Waals surface area contributed by atoms with Crippen LogP contribution in [-0.2, 0) is 26.2 Å². The topological polar surface area (TPSA) is 86.8 Å². The minimum Gasteiger partial charge on any atom is -0.357 e. The van der Waals surface area contributed by atoms with Crippen LogP contribution in [-0.4, -0.2) is 44.8 Å². The third-order valence-corrected chi connectivity index (χ3v) is 8.00. The molecule has 0 aliphatic rings. The number of aryl methyl sites for hydroxylation is 1. The van der Waals surface area contributed by atoms with Crippen molar-refractivity contribution in [3.63, 3.8) is 0 Å². The second-order valence-electron chi connectivity index (χ2n) is 8.24.